The number of carbonyl (C=O) groups excluding carboxylic acids is 1. The zero-order valence-electron chi connectivity index (χ0n) is 11.4. The van der Waals surface area contributed by atoms with Gasteiger partial charge in [0.05, 0.1) is 26.1 Å². The summed E-state index contributed by atoms with van der Waals surface area (Å²) in [6.07, 6.45) is 6.29. The van der Waals surface area contributed by atoms with Gasteiger partial charge in [-0.25, -0.2) is 0 Å². The van der Waals surface area contributed by atoms with Gasteiger partial charge in [-0.15, -0.1) is 0 Å². The van der Waals surface area contributed by atoms with E-state index in [2.05, 4.69) is 7.05 Å². The van der Waals surface area contributed by atoms with E-state index in [1.54, 1.807) is 0 Å². The molecule has 0 N–H and O–H groups in total. The third kappa shape index (κ3) is 2.65. The third-order valence-corrected chi connectivity index (χ3v) is 4.55. The maximum absolute atomic E-state index is 11.8. The van der Waals surface area contributed by atoms with Gasteiger partial charge in [-0.2, -0.15) is 0 Å². The predicted molar refractivity (Wildman–Crippen MR) is 67.5 cm³/mol. The first-order chi connectivity index (χ1) is 8.03. The maximum Gasteiger partial charge on any atom is 0.308 e. The third-order valence-electron chi connectivity index (χ3n) is 4.55. The Labute approximate surface area is 105 Å². The Morgan fingerprint density at radius 2 is 1.88 bits per heavy atom. The predicted octanol–water partition coefficient (Wildman–Crippen LogP) is 2.35. The number of hydrogen-bond donors (Lipinski definition) is 0. The molecular weight excluding hydrogens is 214 g/mol. The van der Waals surface area contributed by atoms with Crippen molar-refractivity contribution in [2.45, 2.75) is 58.1 Å². The molecular formula is C14H26NO2+. The van der Waals surface area contributed by atoms with Crippen molar-refractivity contribution in [2.24, 2.45) is 5.92 Å². The van der Waals surface area contributed by atoms with Crippen molar-refractivity contribution in [1.29, 1.82) is 0 Å². The molecule has 98 valence electrons. The molecule has 2 rings (SSSR count). The van der Waals surface area contributed by atoms with E-state index in [0.717, 1.165) is 10.9 Å². The summed E-state index contributed by atoms with van der Waals surface area (Å²) in [6, 6.07) is 0.556. The van der Waals surface area contributed by atoms with Gasteiger partial charge in [-0.3, -0.25) is 4.79 Å². The Morgan fingerprint density at radius 1 is 1.18 bits per heavy atom. The molecule has 3 unspecified atom stereocenters. The second-order valence-corrected chi connectivity index (χ2v) is 6.26. The molecule has 0 amide bonds. The highest BCUT2D eigenvalue weighted by Gasteiger charge is 2.45. The Balaban J connectivity index is 2.04. The van der Waals surface area contributed by atoms with Crippen LogP contribution >= 0.6 is 0 Å². The van der Waals surface area contributed by atoms with E-state index in [1.807, 2.05) is 13.8 Å². The molecule has 17 heavy (non-hydrogen) atoms. The van der Waals surface area contributed by atoms with Crippen molar-refractivity contribution >= 4 is 5.97 Å². The summed E-state index contributed by atoms with van der Waals surface area (Å²) in [5.74, 6) is -0.0201. The van der Waals surface area contributed by atoms with Gasteiger partial charge in [0.2, 0.25) is 0 Å². The topological polar surface area (TPSA) is 26.3 Å². The number of rotatable bonds is 2. The molecule has 0 spiro atoms. The fraction of sp³-hybridized carbons (Fsp3) is 0.929. The highest BCUT2D eigenvalue weighted by Crippen LogP contribution is 2.34. The van der Waals surface area contributed by atoms with E-state index in [1.165, 1.54) is 38.8 Å². The van der Waals surface area contributed by atoms with E-state index in [-0.39, 0.29) is 18.0 Å². The molecule has 2 aliphatic heterocycles. The van der Waals surface area contributed by atoms with Crippen molar-refractivity contribution < 1.29 is 14.0 Å². The SMILES string of the molecule is CC(C)C(=O)OC1CCC[N+]2(C)CCCCC12. The second-order valence-electron chi connectivity index (χ2n) is 6.26. The van der Waals surface area contributed by atoms with Crippen LogP contribution in [0.5, 0.6) is 0 Å². The molecule has 0 aromatic rings. The van der Waals surface area contributed by atoms with E-state index < -0.39 is 0 Å². The quantitative estimate of drug-likeness (QED) is 0.547. The lowest BCUT2D eigenvalue weighted by molar-refractivity contribution is -0.946. The van der Waals surface area contributed by atoms with Crippen LogP contribution in [0.2, 0.25) is 0 Å². The van der Waals surface area contributed by atoms with E-state index in [9.17, 15) is 4.79 Å². The smallest absolute Gasteiger partial charge is 0.308 e. The maximum atomic E-state index is 11.8. The number of quaternary nitrogens is 1. The largest absolute Gasteiger partial charge is 0.456 e. The lowest BCUT2D eigenvalue weighted by Gasteiger charge is -2.50. The number of nitrogens with zero attached hydrogens (tertiary/aromatic N) is 1. The summed E-state index contributed by atoms with van der Waals surface area (Å²) in [7, 11) is 2.35. The van der Waals surface area contributed by atoms with Gasteiger partial charge in [0, 0.05) is 12.8 Å². The highest BCUT2D eigenvalue weighted by molar-refractivity contribution is 5.71. The van der Waals surface area contributed by atoms with Crippen molar-refractivity contribution in [3.05, 3.63) is 0 Å². The van der Waals surface area contributed by atoms with Crippen LogP contribution in [0.3, 0.4) is 0 Å². The molecule has 3 nitrogen and oxygen atoms in total. The number of piperidine rings is 2. The van der Waals surface area contributed by atoms with Crippen molar-refractivity contribution in [3.63, 3.8) is 0 Å². The normalized spacial score (nSPS) is 37.6. The van der Waals surface area contributed by atoms with E-state index >= 15 is 0 Å². The fourth-order valence-corrected chi connectivity index (χ4v) is 3.44. The van der Waals surface area contributed by atoms with Gasteiger partial charge >= 0.3 is 5.97 Å². The molecule has 0 aromatic carbocycles. The van der Waals surface area contributed by atoms with E-state index in [0.29, 0.717) is 6.04 Å². The molecule has 0 bridgehead atoms. The first-order valence-corrected chi connectivity index (χ1v) is 7.08. The van der Waals surface area contributed by atoms with Gasteiger partial charge in [0.25, 0.3) is 0 Å². The fourth-order valence-electron chi connectivity index (χ4n) is 3.44. The average molecular weight is 240 g/mol. The molecule has 2 aliphatic rings. The van der Waals surface area contributed by atoms with Crippen LogP contribution in [-0.2, 0) is 9.53 Å². The summed E-state index contributed by atoms with van der Waals surface area (Å²) in [5.41, 5.74) is 0. The monoisotopic (exact) mass is 240 g/mol. The number of fused-ring (bicyclic) bond motifs is 1. The molecule has 0 aromatic heterocycles. The number of hydrogen-bond acceptors (Lipinski definition) is 2. The molecule has 3 heteroatoms. The van der Waals surface area contributed by atoms with Gasteiger partial charge in [0.1, 0.15) is 6.04 Å². The molecule has 0 saturated carbocycles. The van der Waals surface area contributed by atoms with Crippen molar-refractivity contribution in [3.8, 4) is 0 Å². The average Bonchev–Trinajstić information content (AvgIpc) is 2.28. The molecule has 2 heterocycles. The molecule has 3 atom stereocenters. The van der Waals surface area contributed by atoms with Crippen LogP contribution in [0.1, 0.15) is 46.0 Å². The van der Waals surface area contributed by atoms with Crippen LogP contribution in [-0.4, -0.2) is 42.7 Å². The number of likely N-dealkylation sites (N-methyl/N-ethyl adjacent to an activating group) is 1. The minimum Gasteiger partial charge on any atom is -0.456 e. The minimum absolute atomic E-state index is 0.000673. The van der Waals surface area contributed by atoms with E-state index in [4.69, 9.17) is 4.74 Å². The first kappa shape index (κ1) is 12.9. The van der Waals surface area contributed by atoms with Gasteiger partial charge in [-0.1, -0.05) is 13.8 Å². The zero-order chi connectivity index (χ0) is 12.5. The lowest BCUT2D eigenvalue weighted by atomic mass is 9.88. The molecule has 0 aliphatic carbocycles. The summed E-state index contributed by atoms with van der Waals surface area (Å²) in [4.78, 5) is 11.8. The van der Waals surface area contributed by atoms with Gasteiger partial charge < -0.3 is 9.22 Å². The van der Waals surface area contributed by atoms with Crippen LogP contribution in [0.25, 0.3) is 0 Å². The molecule has 2 saturated heterocycles. The number of esters is 1. The van der Waals surface area contributed by atoms with Gasteiger partial charge in [0.15, 0.2) is 6.10 Å². The first-order valence-electron chi connectivity index (χ1n) is 7.08. The number of carbonyl (C=O) groups is 1. The summed E-state index contributed by atoms with van der Waals surface area (Å²) in [6.45, 7) is 6.36. The Hall–Kier alpha value is -0.570. The van der Waals surface area contributed by atoms with Crippen LogP contribution < -0.4 is 0 Å². The lowest BCUT2D eigenvalue weighted by Crippen LogP contribution is -2.63. The molecule has 2 fully saturated rings. The minimum atomic E-state index is -0.0194. The van der Waals surface area contributed by atoms with Gasteiger partial charge in [-0.05, 0) is 19.3 Å². The Kier molecular flexibility index (Phi) is 3.76. The van der Waals surface area contributed by atoms with Crippen molar-refractivity contribution in [1.82, 2.24) is 0 Å². The second kappa shape index (κ2) is 4.97. The Bertz CT molecular complexity index is 286. The zero-order valence-corrected chi connectivity index (χ0v) is 11.4. The Morgan fingerprint density at radius 3 is 2.59 bits per heavy atom. The van der Waals surface area contributed by atoms with Crippen molar-refractivity contribution in [2.75, 3.05) is 20.1 Å². The summed E-state index contributed by atoms with van der Waals surface area (Å²) in [5, 5.41) is 0. The molecule has 0 radical (unpaired) electrons. The summed E-state index contributed by atoms with van der Waals surface area (Å²) < 4.78 is 6.87. The van der Waals surface area contributed by atoms with Crippen LogP contribution in [0.4, 0.5) is 0 Å². The number of ether oxygens (including phenoxy) is 1. The standard InChI is InChI=1S/C14H26NO2/c1-11(2)14(16)17-13-8-6-10-15(3)9-5-4-7-12(13)15/h11-13H,4-10H2,1-3H3/q+1. The van der Waals surface area contributed by atoms with Crippen LogP contribution in [0, 0.1) is 5.92 Å². The highest BCUT2D eigenvalue weighted by atomic mass is 16.5. The summed E-state index contributed by atoms with van der Waals surface area (Å²) >= 11 is 0. The van der Waals surface area contributed by atoms with Crippen LogP contribution in [0.15, 0.2) is 0 Å².